The number of fused-ring (bicyclic) bond motifs is 1. The Balaban J connectivity index is 1.90. The van der Waals surface area contributed by atoms with E-state index >= 15 is 0 Å². The summed E-state index contributed by atoms with van der Waals surface area (Å²) in [4.78, 5) is 18.1. The molecular formula is C16H16ClN3O3S. The van der Waals surface area contributed by atoms with Crippen LogP contribution in [0.15, 0.2) is 23.0 Å². The zero-order valence-electron chi connectivity index (χ0n) is 12.9. The standard InChI is InChI=1S/C16H16ClN3O3S/c1-2-10-11-3-12(17)15(23-6-9-7-24-8-19-9)4-13(11)20-14(10)5-18-16(21)22/h3-4,7-8,18,20H,2,5-6H2,1H3,(H,21,22). The summed E-state index contributed by atoms with van der Waals surface area (Å²) in [7, 11) is 0. The maximum atomic E-state index is 10.7. The first kappa shape index (κ1) is 16.6. The number of carboxylic acid groups (broad SMARTS) is 1. The van der Waals surface area contributed by atoms with Gasteiger partial charge in [0, 0.05) is 28.0 Å². The van der Waals surface area contributed by atoms with Gasteiger partial charge >= 0.3 is 6.09 Å². The van der Waals surface area contributed by atoms with E-state index in [1.54, 1.807) is 5.51 Å². The van der Waals surface area contributed by atoms with Crippen molar-refractivity contribution in [1.82, 2.24) is 15.3 Å². The molecule has 0 saturated carbocycles. The van der Waals surface area contributed by atoms with Crippen molar-refractivity contribution in [2.45, 2.75) is 26.5 Å². The average Bonchev–Trinajstić information content (AvgIpc) is 3.17. The zero-order valence-corrected chi connectivity index (χ0v) is 14.5. The van der Waals surface area contributed by atoms with Crippen LogP contribution >= 0.6 is 22.9 Å². The Morgan fingerprint density at radius 2 is 2.33 bits per heavy atom. The second kappa shape index (κ2) is 7.11. The lowest BCUT2D eigenvalue weighted by atomic mass is 10.1. The van der Waals surface area contributed by atoms with Crippen LogP contribution in [-0.2, 0) is 19.6 Å². The molecule has 0 saturated heterocycles. The number of H-pyrrole nitrogens is 1. The van der Waals surface area contributed by atoms with Crippen molar-refractivity contribution in [3.8, 4) is 5.75 Å². The van der Waals surface area contributed by atoms with Gasteiger partial charge in [0.1, 0.15) is 12.4 Å². The third kappa shape index (κ3) is 3.47. The highest BCUT2D eigenvalue weighted by Crippen LogP contribution is 2.33. The van der Waals surface area contributed by atoms with Crippen molar-refractivity contribution in [3.05, 3.63) is 45.0 Å². The topological polar surface area (TPSA) is 87.2 Å². The number of nitrogens with one attached hydrogen (secondary N) is 2. The van der Waals surface area contributed by atoms with Crippen molar-refractivity contribution in [2.75, 3.05) is 0 Å². The molecule has 0 aliphatic rings. The highest BCUT2D eigenvalue weighted by molar-refractivity contribution is 7.07. The van der Waals surface area contributed by atoms with Gasteiger partial charge < -0.3 is 20.1 Å². The van der Waals surface area contributed by atoms with E-state index in [1.807, 2.05) is 24.4 Å². The molecule has 2 aromatic heterocycles. The maximum absolute atomic E-state index is 10.7. The summed E-state index contributed by atoms with van der Waals surface area (Å²) in [6, 6.07) is 3.69. The van der Waals surface area contributed by atoms with E-state index < -0.39 is 6.09 Å². The molecule has 0 fully saturated rings. The van der Waals surface area contributed by atoms with E-state index in [4.69, 9.17) is 21.4 Å². The minimum atomic E-state index is -1.05. The number of ether oxygens (including phenoxy) is 1. The fourth-order valence-electron chi connectivity index (χ4n) is 2.60. The van der Waals surface area contributed by atoms with E-state index in [0.717, 1.165) is 34.3 Å². The van der Waals surface area contributed by atoms with Gasteiger partial charge in [-0.15, -0.1) is 11.3 Å². The molecule has 0 bridgehead atoms. The average molecular weight is 366 g/mol. The lowest BCUT2D eigenvalue weighted by Crippen LogP contribution is -2.20. The van der Waals surface area contributed by atoms with Crippen molar-refractivity contribution < 1.29 is 14.6 Å². The molecule has 3 rings (SSSR count). The van der Waals surface area contributed by atoms with Crippen LogP contribution in [0, 0.1) is 0 Å². The molecule has 3 N–H and O–H groups in total. The summed E-state index contributed by atoms with van der Waals surface area (Å²) < 4.78 is 5.75. The van der Waals surface area contributed by atoms with Crippen molar-refractivity contribution in [3.63, 3.8) is 0 Å². The molecule has 24 heavy (non-hydrogen) atoms. The molecule has 0 radical (unpaired) electrons. The number of aromatic nitrogens is 2. The second-order valence-corrected chi connectivity index (χ2v) is 6.32. The van der Waals surface area contributed by atoms with Gasteiger partial charge in [0.15, 0.2) is 0 Å². The summed E-state index contributed by atoms with van der Waals surface area (Å²) in [5, 5.41) is 14.6. The number of hydrogen-bond acceptors (Lipinski definition) is 4. The molecule has 8 heteroatoms. The highest BCUT2D eigenvalue weighted by Gasteiger charge is 2.14. The van der Waals surface area contributed by atoms with Crippen LogP contribution in [0.25, 0.3) is 10.9 Å². The molecule has 1 amide bonds. The van der Waals surface area contributed by atoms with Gasteiger partial charge in [-0.05, 0) is 18.1 Å². The van der Waals surface area contributed by atoms with E-state index in [1.165, 1.54) is 11.3 Å². The van der Waals surface area contributed by atoms with Crippen LogP contribution in [-0.4, -0.2) is 21.2 Å². The number of benzene rings is 1. The number of carbonyl (C=O) groups is 1. The predicted octanol–water partition coefficient (Wildman–Crippen LogP) is 4.19. The molecule has 0 unspecified atom stereocenters. The number of thiazole rings is 1. The number of rotatable bonds is 6. The van der Waals surface area contributed by atoms with E-state index in [0.29, 0.717) is 17.4 Å². The lowest BCUT2D eigenvalue weighted by Gasteiger charge is -2.07. The summed E-state index contributed by atoms with van der Waals surface area (Å²) in [6.45, 7) is 2.59. The van der Waals surface area contributed by atoms with Gasteiger partial charge in [0.25, 0.3) is 0 Å². The van der Waals surface area contributed by atoms with Gasteiger partial charge in [-0.3, -0.25) is 0 Å². The molecule has 0 spiro atoms. The first-order valence-electron chi connectivity index (χ1n) is 7.38. The Kier molecular flexibility index (Phi) is 4.92. The van der Waals surface area contributed by atoms with Crippen molar-refractivity contribution in [1.29, 1.82) is 0 Å². The van der Waals surface area contributed by atoms with Crippen LogP contribution in [0.3, 0.4) is 0 Å². The molecule has 6 nitrogen and oxygen atoms in total. The molecule has 0 aliphatic carbocycles. The molecule has 0 aliphatic heterocycles. The van der Waals surface area contributed by atoms with Crippen molar-refractivity contribution in [2.24, 2.45) is 0 Å². The summed E-state index contributed by atoms with van der Waals surface area (Å²) in [5.41, 5.74) is 5.35. The number of aryl methyl sites for hydroxylation is 1. The Morgan fingerprint density at radius 3 is 3.00 bits per heavy atom. The minimum absolute atomic E-state index is 0.222. The molecule has 126 valence electrons. The first-order chi connectivity index (χ1) is 11.6. The number of nitrogens with zero attached hydrogens (tertiary/aromatic N) is 1. The Morgan fingerprint density at radius 1 is 1.50 bits per heavy atom. The third-order valence-corrected chi connectivity index (χ3v) is 4.61. The Labute approximate surface area is 147 Å². The zero-order chi connectivity index (χ0) is 17.1. The van der Waals surface area contributed by atoms with Crippen LogP contribution < -0.4 is 10.1 Å². The molecular weight excluding hydrogens is 350 g/mol. The highest BCUT2D eigenvalue weighted by atomic mass is 35.5. The van der Waals surface area contributed by atoms with Crippen molar-refractivity contribution >= 4 is 39.9 Å². The first-order valence-corrected chi connectivity index (χ1v) is 8.70. The van der Waals surface area contributed by atoms with Gasteiger partial charge in [0.05, 0.1) is 22.8 Å². The molecule has 0 atom stereocenters. The van der Waals surface area contributed by atoms with Crippen LogP contribution in [0.4, 0.5) is 4.79 Å². The lowest BCUT2D eigenvalue weighted by molar-refractivity contribution is 0.194. The molecule has 3 aromatic rings. The molecule has 1 aromatic carbocycles. The van der Waals surface area contributed by atoms with E-state index in [-0.39, 0.29) is 6.54 Å². The summed E-state index contributed by atoms with van der Waals surface area (Å²) in [6.07, 6.45) is -0.285. The number of aromatic amines is 1. The molecule has 2 heterocycles. The van der Waals surface area contributed by atoms with Crippen LogP contribution in [0.5, 0.6) is 5.75 Å². The minimum Gasteiger partial charge on any atom is -0.486 e. The van der Waals surface area contributed by atoms with Crippen LogP contribution in [0.1, 0.15) is 23.9 Å². The number of halogens is 1. The third-order valence-electron chi connectivity index (χ3n) is 3.68. The van der Waals surface area contributed by atoms with Gasteiger partial charge in [-0.25, -0.2) is 9.78 Å². The largest absolute Gasteiger partial charge is 0.486 e. The Hall–Kier alpha value is -2.25. The smallest absolute Gasteiger partial charge is 0.404 e. The summed E-state index contributed by atoms with van der Waals surface area (Å²) in [5.74, 6) is 0.568. The quantitative estimate of drug-likeness (QED) is 0.611. The maximum Gasteiger partial charge on any atom is 0.404 e. The van der Waals surface area contributed by atoms with Gasteiger partial charge in [0.2, 0.25) is 0 Å². The van der Waals surface area contributed by atoms with Gasteiger partial charge in [-0.2, -0.15) is 0 Å². The fourth-order valence-corrected chi connectivity index (χ4v) is 3.36. The number of amides is 1. The van der Waals surface area contributed by atoms with Gasteiger partial charge in [-0.1, -0.05) is 18.5 Å². The fraction of sp³-hybridized carbons (Fsp3) is 0.250. The van der Waals surface area contributed by atoms with E-state index in [2.05, 4.69) is 15.3 Å². The monoisotopic (exact) mass is 365 g/mol. The number of hydrogen-bond donors (Lipinski definition) is 3. The van der Waals surface area contributed by atoms with E-state index in [9.17, 15) is 4.79 Å². The van der Waals surface area contributed by atoms with Crippen LogP contribution in [0.2, 0.25) is 5.02 Å². The SMILES string of the molecule is CCc1c(CNC(=O)O)[nH]c2cc(OCc3cscn3)c(Cl)cc12. The second-order valence-electron chi connectivity index (χ2n) is 5.19. The normalized spacial score (nSPS) is 10.9. The Bertz CT molecular complexity index is 861. The predicted molar refractivity (Wildman–Crippen MR) is 94.0 cm³/mol. The summed E-state index contributed by atoms with van der Waals surface area (Å²) >= 11 is 7.86.